The van der Waals surface area contributed by atoms with Gasteiger partial charge in [-0.15, -0.1) is 0 Å². The van der Waals surface area contributed by atoms with Crippen LogP contribution in [0.15, 0.2) is 10.8 Å². The van der Waals surface area contributed by atoms with E-state index in [1.165, 1.54) is 30.6 Å². The molecular weight excluding hydrogens is 208 g/mol. The molecule has 0 saturated heterocycles. The van der Waals surface area contributed by atoms with E-state index in [1.807, 2.05) is 0 Å². The van der Waals surface area contributed by atoms with Crippen molar-refractivity contribution in [3.63, 3.8) is 0 Å². The molecule has 16 heavy (non-hydrogen) atoms. The van der Waals surface area contributed by atoms with Gasteiger partial charge >= 0.3 is 0 Å². The van der Waals surface area contributed by atoms with Gasteiger partial charge in [-0.2, -0.15) is 0 Å². The molecule has 0 heterocycles. The molecule has 6 bridgehead atoms. The van der Waals surface area contributed by atoms with Crippen molar-refractivity contribution >= 4 is 8.07 Å². The number of allylic oxidation sites excluding steroid dienone is 2. The van der Waals surface area contributed by atoms with Crippen molar-refractivity contribution in [1.29, 1.82) is 0 Å². The Morgan fingerprint density at radius 1 is 1.25 bits per heavy atom. The van der Waals surface area contributed by atoms with Crippen LogP contribution in [-0.4, -0.2) is 8.07 Å². The Morgan fingerprint density at radius 2 is 2.06 bits per heavy atom. The molecule has 0 aromatic rings. The summed E-state index contributed by atoms with van der Waals surface area (Å²) in [6.07, 6.45) is 6.26. The Morgan fingerprint density at radius 3 is 2.75 bits per heavy atom. The van der Waals surface area contributed by atoms with E-state index in [0.29, 0.717) is 0 Å². The maximum atomic E-state index is 2.61. The Hall–Kier alpha value is -0.0431. The van der Waals surface area contributed by atoms with Gasteiger partial charge in [-0.05, 0) is 60.7 Å². The molecule has 6 rings (SSSR count). The lowest BCUT2D eigenvalue weighted by atomic mass is 9.77. The Balaban J connectivity index is 1.80. The fourth-order valence-electron chi connectivity index (χ4n) is 7.06. The van der Waals surface area contributed by atoms with E-state index in [1.54, 1.807) is 12.8 Å². The summed E-state index contributed by atoms with van der Waals surface area (Å²) in [7, 11) is -1.02. The maximum Gasteiger partial charge on any atom is 0.0728 e. The van der Waals surface area contributed by atoms with Crippen LogP contribution >= 0.6 is 0 Å². The van der Waals surface area contributed by atoms with Crippen LogP contribution in [0.5, 0.6) is 0 Å². The van der Waals surface area contributed by atoms with Crippen LogP contribution in [0.4, 0.5) is 0 Å². The zero-order valence-corrected chi connectivity index (χ0v) is 11.7. The molecule has 0 N–H and O–H groups in total. The smallest absolute Gasteiger partial charge is 0.0728 e. The number of hydrogen-bond acceptors (Lipinski definition) is 0. The first-order valence-electron chi connectivity index (χ1n) is 7.31. The van der Waals surface area contributed by atoms with Crippen molar-refractivity contribution in [2.75, 3.05) is 0 Å². The molecule has 6 aliphatic rings. The average molecular weight is 230 g/mol. The summed E-state index contributed by atoms with van der Waals surface area (Å²) in [6.45, 7) is 7.82. The highest BCUT2D eigenvalue weighted by Crippen LogP contribution is 2.90. The summed E-state index contributed by atoms with van der Waals surface area (Å²) in [5.74, 6) is 5.90. The van der Waals surface area contributed by atoms with Crippen molar-refractivity contribution in [3.8, 4) is 0 Å². The van der Waals surface area contributed by atoms with Crippen LogP contribution in [0.3, 0.4) is 0 Å². The highest BCUT2D eigenvalue weighted by atomic mass is 28.3. The molecule has 0 nitrogen and oxygen atoms in total. The first-order valence-corrected chi connectivity index (χ1v) is 10.8. The fourth-order valence-corrected chi connectivity index (χ4v) is 9.71. The lowest BCUT2D eigenvalue weighted by Crippen LogP contribution is -2.30. The van der Waals surface area contributed by atoms with Crippen LogP contribution in [0, 0.1) is 35.0 Å². The van der Waals surface area contributed by atoms with E-state index in [4.69, 9.17) is 0 Å². The van der Waals surface area contributed by atoms with Gasteiger partial charge in [-0.25, -0.2) is 0 Å². The van der Waals surface area contributed by atoms with Crippen LogP contribution in [0.1, 0.15) is 25.7 Å². The quantitative estimate of drug-likeness (QED) is 0.600. The molecular formula is C15H22Si. The third kappa shape index (κ3) is 0.631. The molecule has 5 fully saturated rings. The topological polar surface area (TPSA) is 0 Å². The summed E-state index contributed by atoms with van der Waals surface area (Å²) in [6, 6.07) is 0. The van der Waals surface area contributed by atoms with Crippen molar-refractivity contribution in [1.82, 2.24) is 0 Å². The molecule has 1 heteroatoms. The summed E-state index contributed by atoms with van der Waals surface area (Å²) >= 11 is 0. The monoisotopic (exact) mass is 230 g/mol. The molecule has 0 amide bonds. The van der Waals surface area contributed by atoms with Gasteiger partial charge in [0.1, 0.15) is 0 Å². The Labute approximate surface area is 99.5 Å². The maximum absolute atomic E-state index is 2.61. The Kier molecular flexibility index (Phi) is 1.19. The summed E-state index contributed by atoms with van der Waals surface area (Å²) in [5.41, 5.74) is 2.89. The molecule has 86 valence electrons. The van der Waals surface area contributed by atoms with Gasteiger partial charge in [0.25, 0.3) is 0 Å². The molecule has 0 radical (unpaired) electrons. The lowest BCUT2D eigenvalue weighted by molar-refractivity contribution is 0.276. The van der Waals surface area contributed by atoms with E-state index >= 15 is 0 Å². The third-order valence-electron chi connectivity index (χ3n) is 6.91. The van der Waals surface area contributed by atoms with Gasteiger partial charge in [0.15, 0.2) is 0 Å². The van der Waals surface area contributed by atoms with Crippen molar-refractivity contribution < 1.29 is 0 Å². The second kappa shape index (κ2) is 2.13. The molecule has 0 aromatic carbocycles. The Bertz CT molecular complexity index is 441. The van der Waals surface area contributed by atoms with Crippen molar-refractivity contribution in [2.24, 2.45) is 35.0 Å². The van der Waals surface area contributed by atoms with E-state index in [-0.39, 0.29) is 0 Å². The summed E-state index contributed by atoms with van der Waals surface area (Å²) < 4.78 is 0. The number of hydrogen-bond donors (Lipinski definition) is 0. The van der Waals surface area contributed by atoms with Gasteiger partial charge in [0.05, 0.1) is 8.07 Å². The third-order valence-corrected chi connectivity index (χ3v) is 9.16. The molecule has 6 atom stereocenters. The molecule has 6 aliphatic carbocycles. The second-order valence-corrected chi connectivity index (χ2v) is 13.2. The van der Waals surface area contributed by atoms with Gasteiger partial charge in [0.2, 0.25) is 0 Å². The summed E-state index contributed by atoms with van der Waals surface area (Å²) in [5, 5.41) is 2.09. The number of rotatable bonds is 1. The van der Waals surface area contributed by atoms with Gasteiger partial charge < -0.3 is 0 Å². The van der Waals surface area contributed by atoms with E-state index < -0.39 is 8.07 Å². The van der Waals surface area contributed by atoms with Gasteiger partial charge in [-0.3, -0.25) is 0 Å². The van der Waals surface area contributed by atoms with Crippen LogP contribution in [0.25, 0.3) is 0 Å². The molecule has 1 spiro atoms. The van der Waals surface area contributed by atoms with E-state index in [0.717, 1.165) is 17.3 Å². The predicted octanol–water partition coefficient (Wildman–Crippen LogP) is 3.86. The first-order chi connectivity index (χ1) is 7.57. The largest absolute Gasteiger partial charge is 0.0776 e. The summed E-state index contributed by atoms with van der Waals surface area (Å²) in [4.78, 5) is 0. The zero-order chi connectivity index (χ0) is 10.9. The standard InChI is InChI=1S/C15H22Si/c1-16(2,3)14-9-5-4-6-15(9)10-7-8-11(12(10)14)13(8)15/h8,10-13H,4-7H2,1-3H3. The van der Waals surface area contributed by atoms with Gasteiger partial charge in [-0.1, -0.05) is 30.4 Å². The minimum atomic E-state index is -1.02. The second-order valence-electron chi connectivity index (χ2n) is 8.17. The van der Waals surface area contributed by atoms with Crippen molar-refractivity contribution in [2.45, 2.75) is 45.3 Å². The molecule has 0 aliphatic heterocycles. The molecule has 6 unspecified atom stereocenters. The molecule has 0 aromatic heterocycles. The average Bonchev–Trinajstić information content (AvgIpc) is 2.63. The zero-order valence-electron chi connectivity index (χ0n) is 10.7. The highest BCUT2D eigenvalue weighted by molar-refractivity contribution is 6.83. The fraction of sp³-hybridized carbons (Fsp3) is 0.867. The minimum absolute atomic E-state index is 0.829. The normalized spacial score (nSPS) is 59.8. The SMILES string of the molecule is C[Si](C)(C)C1=C2CCCC23C2CC4C(C12)C43. The molecule has 5 saturated carbocycles. The predicted molar refractivity (Wildman–Crippen MR) is 68.7 cm³/mol. The van der Waals surface area contributed by atoms with E-state index in [9.17, 15) is 0 Å². The minimum Gasteiger partial charge on any atom is -0.0776 e. The van der Waals surface area contributed by atoms with Crippen LogP contribution < -0.4 is 0 Å². The van der Waals surface area contributed by atoms with Crippen molar-refractivity contribution in [3.05, 3.63) is 10.8 Å². The van der Waals surface area contributed by atoms with E-state index in [2.05, 4.69) is 30.4 Å². The van der Waals surface area contributed by atoms with Crippen LogP contribution in [0.2, 0.25) is 19.6 Å². The first kappa shape index (κ1) is 8.96. The lowest BCUT2D eigenvalue weighted by Gasteiger charge is -2.30. The van der Waals surface area contributed by atoms with Crippen LogP contribution in [-0.2, 0) is 0 Å². The highest BCUT2D eigenvalue weighted by Gasteiger charge is 2.84. The van der Waals surface area contributed by atoms with Gasteiger partial charge in [0, 0.05) is 0 Å².